The Morgan fingerprint density at radius 2 is 1.92 bits per heavy atom. The molecule has 2 atom stereocenters. The van der Waals surface area contributed by atoms with Gasteiger partial charge in [0.05, 0.1) is 12.2 Å². The van der Waals surface area contributed by atoms with Gasteiger partial charge in [-0.1, -0.05) is 12.1 Å². The van der Waals surface area contributed by atoms with Crippen molar-refractivity contribution in [1.82, 2.24) is 14.9 Å². The van der Waals surface area contributed by atoms with E-state index in [1.54, 1.807) is 6.33 Å². The number of hydrogen-bond donors (Lipinski definition) is 1. The zero-order valence-electron chi connectivity index (χ0n) is 15.4. The molecular weight excluding hydrogens is 328 g/mol. The minimum atomic E-state index is 0.333. The van der Waals surface area contributed by atoms with Crippen LogP contribution in [0.1, 0.15) is 26.7 Å². The van der Waals surface area contributed by atoms with Crippen LogP contribution in [0.3, 0.4) is 0 Å². The molecule has 0 amide bonds. The highest BCUT2D eigenvalue weighted by molar-refractivity contribution is 6.05. The van der Waals surface area contributed by atoms with Gasteiger partial charge in [0.1, 0.15) is 17.4 Å². The first-order chi connectivity index (χ1) is 12.7. The van der Waals surface area contributed by atoms with Crippen molar-refractivity contribution in [2.24, 2.45) is 0 Å². The highest BCUT2D eigenvalue weighted by Crippen LogP contribution is 2.30. The van der Waals surface area contributed by atoms with Crippen LogP contribution in [-0.4, -0.2) is 53.3 Å². The van der Waals surface area contributed by atoms with E-state index in [0.717, 1.165) is 66.9 Å². The minimum absolute atomic E-state index is 0.333. The number of morpholine rings is 1. The molecule has 1 aliphatic heterocycles. The summed E-state index contributed by atoms with van der Waals surface area (Å²) < 4.78 is 11.7. The van der Waals surface area contributed by atoms with Gasteiger partial charge in [-0.3, -0.25) is 4.90 Å². The van der Waals surface area contributed by atoms with Gasteiger partial charge in [0, 0.05) is 25.0 Å². The lowest BCUT2D eigenvalue weighted by atomic mass is 10.2. The molecule has 0 saturated carbocycles. The number of unbranched alkanes of at least 4 members (excludes halogenated alkanes) is 1. The standard InChI is InChI=1S/C20H26N4O2/c1-14-11-24(12-15(2)25-14)10-6-5-9-21-20-19-18(22-13-23-20)16-7-3-4-8-17(16)26-19/h3-4,7-8,13-15H,5-6,9-12H2,1-2H3,(H,21,22,23)/t14-,15-/m1/s1. The number of nitrogens with zero attached hydrogens (tertiary/aromatic N) is 3. The lowest BCUT2D eigenvalue weighted by Crippen LogP contribution is -2.45. The summed E-state index contributed by atoms with van der Waals surface area (Å²) in [6.07, 6.45) is 4.51. The van der Waals surface area contributed by atoms with Crippen molar-refractivity contribution in [3.05, 3.63) is 30.6 Å². The third kappa shape index (κ3) is 3.66. The van der Waals surface area contributed by atoms with E-state index in [2.05, 4.69) is 34.0 Å². The fourth-order valence-electron chi connectivity index (χ4n) is 3.78. The Morgan fingerprint density at radius 1 is 1.12 bits per heavy atom. The predicted molar refractivity (Wildman–Crippen MR) is 103 cm³/mol. The zero-order chi connectivity index (χ0) is 17.9. The quantitative estimate of drug-likeness (QED) is 0.681. The van der Waals surface area contributed by atoms with Crippen molar-refractivity contribution in [3.8, 4) is 0 Å². The Morgan fingerprint density at radius 3 is 2.77 bits per heavy atom. The smallest absolute Gasteiger partial charge is 0.196 e. The predicted octanol–water partition coefficient (Wildman–Crippen LogP) is 3.68. The molecule has 1 aliphatic rings. The van der Waals surface area contributed by atoms with Crippen molar-refractivity contribution >= 4 is 27.9 Å². The van der Waals surface area contributed by atoms with Gasteiger partial charge >= 0.3 is 0 Å². The number of ether oxygens (including phenoxy) is 1. The van der Waals surface area contributed by atoms with E-state index in [4.69, 9.17) is 9.15 Å². The van der Waals surface area contributed by atoms with Crippen LogP contribution in [0.5, 0.6) is 0 Å². The van der Waals surface area contributed by atoms with E-state index in [9.17, 15) is 0 Å². The number of fused-ring (bicyclic) bond motifs is 3. The van der Waals surface area contributed by atoms with Crippen LogP contribution in [0.4, 0.5) is 5.82 Å². The van der Waals surface area contributed by atoms with E-state index in [0.29, 0.717) is 12.2 Å². The molecule has 0 aliphatic carbocycles. The van der Waals surface area contributed by atoms with Crippen LogP contribution >= 0.6 is 0 Å². The number of nitrogens with one attached hydrogen (secondary N) is 1. The first-order valence-corrected chi connectivity index (χ1v) is 9.44. The average molecular weight is 354 g/mol. The summed E-state index contributed by atoms with van der Waals surface area (Å²) in [5.74, 6) is 0.778. The lowest BCUT2D eigenvalue weighted by Gasteiger charge is -2.35. The third-order valence-corrected chi connectivity index (χ3v) is 4.85. The normalized spacial score (nSPS) is 21.5. The number of benzene rings is 1. The second-order valence-electron chi connectivity index (χ2n) is 7.15. The highest BCUT2D eigenvalue weighted by atomic mass is 16.5. The van der Waals surface area contributed by atoms with Crippen LogP contribution in [0.25, 0.3) is 22.1 Å². The number of rotatable bonds is 6. The molecule has 0 radical (unpaired) electrons. The third-order valence-electron chi connectivity index (χ3n) is 4.85. The summed E-state index contributed by atoms with van der Waals surface area (Å²) in [4.78, 5) is 11.3. The lowest BCUT2D eigenvalue weighted by molar-refractivity contribution is -0.0681. The fraction of sp³-hybridized carbons (Fsp3) is 0.500. The molecule has 1 saturated heterocycles. The Labute approximate surface area is 153 Å². The topological polar surface area (TPSA) is 63.4 Å². The SMILES string of the molecule is C[C@@H]1CN(CCCCNc2ncnc3c2oc2ccccc23)C[C@@H](C)O1. The molecule has 1 aromatic carbocycles. The maximum Gasteiger partial charge on any atom is 0.196 e. The summed E-state index contributed by atoms with van der Waals surface area (Å²) >= 11 is 0. The summed E-state index contributed by atoms with van der Waals surface area (Å²) in [5, 5.41) is 4.45. The molecule has 26 heavy (non-hydrogen) atoms. The minimum Gasteiger partial charge on any atom is -0.450 e. The Balaban J connectivity index is 1.32. The number of anilines is 1. The summed E-state index contributed by atoms with van der Waals surface area (Å²) in [7, 11) is 0. The monoisotopic (exact) mass is 354 g/mol. The van der Waals surface area contributed by atoms with Crippen LogP contribution in [0.15, 0.2) is 35.0 Å². The van der Waals surface area contributed by atoms with Gasteiger partial charge in [0.15, 0.2) is 11.4 Å². The van der Waals surface area contributed by atoms with Crippen molar-refractivity contribution < 1.29 is 9.15 Å². The molecule has 138 valence electrons. The van der Waals surface area contributed by atoms with Crippen LogP contribution in [-0.2, 0) is 4.74 Å². The van der Waals surface area contributed by atoms with E-state index in [-0.39, 0.29) is 0 Å². The van der Waals surface area contributed by atoms with Crippen molar-refractivity contribution in [1.29, 1.82) is 0 Å². The molecule has 0 unspecified atom stereocenters. The molecule has 0 spiro atoms. The van der Waals surface area contributed by atoms with Crippen LogP contribution in [0, 0.1) is 0 Å². The van der Waals surface area contributed by atoms with E-state index in [1.165, 1.54) is 0 Å². The summed E-state index contributed by atoms with van der Waals surface area (Å²) in [5.41, 5.74) is 2.46. The summed E-state index contributed by atoms with van der Waals surface area (Å²) in [6.45, 7) is 8.35. The largest absolute Gasteiger partial charge is 0.450 e. The van der Waals surface area contributed by atoms with Crippen molar-refractivity contribution in [3.63, 3.8) is 0 Å². The summed E-state index contributed by atoms with van der Waals surface area (Å²) in [6, 6.07) is 7.96. The molecular formula is C20H26N4O2. The van der Waals surface area contributed by atoms with E-state index >= 15 is 0 Å². The van der Waals surface area contributed by atoms with Crippen LogP contribution < -0.4 is 5.32 Å². The second-order valence-corrected chi connectivity index (χ2v) is 7.15. The number of para-hydroxylation sites is 1. The Hall–Kier alpha value is -2.18. The van der Waals surface area contributed by atoms with Crippen molar-refractivity contribution in [2.45, 2.75) is 38.9 Å². The van der Waals surface area contributed by atoms with Gasteiger partial charge in [-0.05, 0) is 45.4 Å². The maximum atomic E-state index is 5.95. The molecule has 0 bridgehead atoms. The molecule has 6 heteroatoms. The maximum absolute atomic E-state index is 5.95. The first-order valence-electron chi connectivity index (χ1n) is 9.44. The van der Waals surface area contributed by atoms with Gasteiger partial charge in [-0.2, -0.15) is 0 Å². The van der Waals surface area contributed by atoms with Gasteiger partial charge < -0.3 is 14.5 Å². The number of aromatic nitrogens is 2. The molecule has 3 aromatic rings. The van der Waals surface area contributed by atoms with Gasteiger partial charge in [0.25, 0.3) is 0 Å². The van der Waals surface area contributed by atoms with Crippen LogP contribution in [0.2, 0.25) is 0 Å². The molecule has 4 rings (SSSR count). The molecule has 1 N–H and O–H groups in total. The van der Waals surface area contributed by atoms with Crippen molar-refractivity contribution in [2.75, 3.05) is 31.5 Å². The van der Waals surface area contributed by atoms with E-state index in [1.807, 2.05) is 24.3 Å². The second kappa shape index (κ2) is 7.60. The Bertz CT molecular complexity index is 869. The molecule has 3 heterocycles. The zero-order valence-corrected chi connectivity index (χ0v) is 15.4. The van der Waals surface area contributed by atoms with Gasteiger partial charge in [-0.25, -0.2) is 9.97 Å². The fourth-order valence-corrected chi connectivity index (χ4v) is 3.78. The number of hydrogen-bond acceptors (Lipinski definition) is 6. The molecule has 2 aromatic heterocycles. The number of furan rings is 1. The molecule has 6 nitrogen and oxygen atoms in total. The highest BCUT2D eigenvalue weighted by Gasteiger charge is 2.21. The average Bonchev–Trinajstić information content (AvgIpc) is 3.00. The van der Waals surface area contributed by atoms with E-state index < -0.39 is 0 Å². The first kappa shape index (κ1) is 17.2. The molecule has 1 fully saturated rings. The Kier molecular flexibility index (Phi) is 5.04. The van der Waals surface area contributed by atoms with Gasteiger partial charge in [-0.15, -0.1) is 0 Å². The van der Waals surface area contributed by atoms with Gasteiger partial charge in [0.2, 0.25) is 0 Å².